The van der Waals surface area contributed by atoms with E-state index < -0.39 is 21.5 Å². The van der Waals surface area contributed by atoms with E-state index in [-0.39, 0.29) is 5.75 Å². The molecule has 0 aromatic heterocycles. The number of halogens is 1. The lowest BCUT2D eigenvalue weighted by atomic mass is 10.00. The highest BCUT2D eigenvalue weighted by Crippen LogP contribution is 2.14. The summed E-state index contributed by atoms with van der Waals surface area (Å²) >= 11 is 3.31. The summed E-state index contributed by atoms with van der Waals surface area (Å²) in [6.07, 6.45) is 2.17. The lowest BCUT2D eigenvalue weighted by Gasteiger charge is -2.22. The van der Waals surface area contributed by atoms with Gasteiger partial charge in [-0.2, -0.15) is 0 Å². The molecule has 0 aliphatic carbocycles. The second kappa shape index (κ2) is 8.08. The van der Waals surface area contributed by atoms with Crippen molar-refractivity contribution in [2.24, 2.45) is 5.92 Å². The molecular formula is C15H21BrN2O3S. The number of hydrogen-bond acceptors (Lipinski definition) is 4. The summed E-state index contributed by atoms with van der Waals surface area (Å²) in [4.78, 5) is 11.8. The molecule has 0 bridgehead atoms. The van der Waals surface area contributed by atoms with E-state index in [2.05, 4.69) is 26.6 Å². The zero-order valence-corrected chi connectivity index (χ0v) is 14.7. The van der Waals surface area contributed by atoms with Crippen molar-refractivity contribution in [1.29, 1.82) is 0 Å². The van der Waals surface area contributed by atoms with Crippen LogP contribution in [0.3, 0.4) is 0 Å². The highest BCUT2D eigenvalue weighted by molar-refractivity contribution is 9.10. The van der Waals surface area contributed by atoms with Crippen LogP contribution in [0.15, 0.2) is 28.7 Å². The van der Waals surface area contributed by atoms with Gasteiger partial charge < -0.3 is 10.6 Å². The maximum atomic E-state index is 12.1. The van der Waals surface area contributed by atoms with Crippen molar-refractivity contribution >= 4 is 31.7 Å². The van der Waals surface area contributed by atoms with Crippen LogP contribution in [0.4, 0.5) is 0 Å². The molecule has 22 heavy (non-hydrogen) atoms. The Morgan fingerprint density at radius 2 is 2.23 bits per heavy atom. The Bertz CT molecular complexity index is 613. The van der Waals surface area contributed by atoms with Crippen molar-refractivity contribution in [3.63, 3.8) is 0 Å². The predicted molar refractivity (Wildman–Crippen MR) is 90.2 cm³/mol. The van der Waals surface area contributed by atoms with Gasteiger partial charge in [0.1, 0.15) is 5.75 Å². The largest absolute Gasteiger partial charge is 0.355 e. The average molecular weight is 389 g/mol. The van der Waals surface area contributed by atoms with Crippen molar-refractivity contribution in [2.75, 3.05) is 25.4 Å². The van der Waals surface area contributed by atoms with Crippen molar-refractivity contribution in [1.82, 2.24) is 10.6 Å². The number of amides is 1. The number of carbonyl (C=O) groups excluding carboxylic acids is 1. The molecule has 1 aromatic carbocycles. The SMILES string of the molecule is O=C(CS(=O)(=O)Cc1cccc(Br)c1)NCC1CCCNC1. The van der Waals surface area contributed by atoms with E-state index in [4.69, 9.17) is 0 Å². The third-order valence-corrected chi connectivity index (χ3v) is 5.58. The number of carbonyl (C=O) groups is 1. The highest BCUT2D eigenvalue weighted by atomic mass is 79.9. The Kier molecular flexibility index (Phi) is 6.40. The second-order valence-corrected chi connectivity index (χ2v) is 8.66. The van der Waals surface area contributed by atoms with Gasteiger partial charge in [0.05, 0.1) is 5.75 Å². The molecular weight excluding hydrogens is 368 g/mol. The Labute approximate surface area is 139 Å². The summed E-state index contributed by atoms with van der Waals surface area (Å²) < 4.78 is 25.0. The highest BCUT2D eigenvalue weighted by Gasteiger charge is 2.19. The molecule has 1 unspecified atom stereocenters. The Morgan fingerprint density at radius 1 is 1.41 bits per heavy atom. The van der Waals surface area contributed by atoms with E-state index in [1.54, 1.807) is 18.2 Å². The van der Waals surface area contributed by atoms with Gasteiger partial charge in [0.25, 0.3) is 0 Å². The molecule has 0 saturated carbocycles. The fourth-order valence-electron chi connectivity index (χ4n) is 2.54. The van der Waals surface area contributed by atoms with Crippen LogP contribution in [-0.2, 0) is 20.4 Å². The molecule has 1 heterocycles. The molecule has 2 rings (SSSR count). The number of nitrogens with one attached hydrogen (secondary N) is 2. The summed E-state index contributed by atoms with van der Waals surface area (Å²) in [7, 11) is -3.45. The molecule has 1 saturated heterocycles. The van der Waals surface area contributed by atoms with Crippen LogP contribution >= 0.6 is 15.9 Å². The number of hydrogen-bond donors (Lipinski definition) is 2. The third-order valence-electron chi connectivity index (χ3n) is 3.61. The van der Waals surface area contributed by atoms with E-state index in [0.717, 1.165) is 30.4 Å². The lowest BCUT2D eigenvalue weighted by molar-refractivity contribution is -0.118. The molecule has 2 N–H and O–H groups in total. The van der Waals surface area contributed by atoms with Crippen molar-refractivity contribution in [3.05, 3.63) is 34.3 Å². The van der Waals surface area contributed by atoms with Crippen LogP contribution in [0.5, 0.6) is 0 Å². The maximum Gasteiger partial charge on any atom is 0.235 e. The molecule has 5 nitrogen and oxygen atoms in total. The fraction of sp³-hybridized carbons (Fsp3) is 0.533. The average Bonchev–Trinajstić information content (AvgIpc) is 2.45. The topological polar surface area (TPSA) is 75.3 Å². The first-order valence-electron chi connectivity index (χ1n) is 7.37. The standard InChI is InChI=1S/C15H21BrN2O3S/c16-14-5-1-3-12(7-14)10-22(20,21)11-15(19)18-9-13-4-2-6-17-8-13/h1,3,5,7,13,17H,2,4,6,8-11H2,(H,18,19). The number of rotatable bonds is 6. The third kappa shape index (κ3) is 6.06. The first-order valence-corrected chi connectivity index (χ1v) is 9.98. The Hall–Kier alpha value is -0.920. The molecule has 1 amide bonds. The van der Waals surface area contributed by atoms with E-state index in [1.165, 1.54) is 0 Å². The Morgan fingerprint density at radius 3 is 2.91 bits per heavy atom. The van der Waals surface area contributed by atoms with Crippen LogP contribution in [0.25, 0.3) is 0 Å². The van der Waals surface area contributed by atoms with Gasteiger partial charge in [0.2, 0.25) is 5.91 Å². The van der Waals surface area contributed by atoms with Gasteiger partial charge >= 0.3 is 0 Å². The number of benzene rings is 1. The minimum absolute atomic E-state index is 0.120. The van der Waals surface area contributed by atoms with E-state index in [9.17, 15) is 13.2 Å². The summed E-state index contributed by atoms with van der Waals surface area (Å²) in [5, 5.41) is 6.01. The monoisotopic (exact) mass is 388 g/mol. The predicted octanol–water partition coefficient (Wildman–Crippen LogP) is 1.48. The quantitative estimate of drug-likeness (QED) is 0.773. The summed E-state index contributed by atoms with van der Waals surface area (Å²) in [6.45, 7) is 2.44. The van der Waals surface area contributed by atoms with Crippen LogP contribution in [0.2, 0.25) is 0 Å². The van der Waals surface area contributed by atoms with Gasteiger partial charge in [0.15, 0.2) is 9.84 Å². The first kappa shape index (κ1) is 17.4. The van der Waals surface area contributed by atoms with Crippen molar-refractivity contribution in [3.8, 4) is 0 Å². The summed E-state index contributed by atoms with van der Waals surface area (Å²) in [6, 6.07) is 7.11. The zero-order chi connectivity index (χ0) is 16.0. The van der Waals surface area contributed by atoms with Crippen LogP contribution in [-0.4, -0.2) is 39.7 Å². The van der Waals surface area contributed by atoms with Crippen molar-refractivity contribution < 1.29 is 13.2 Å². The maximum absolute atomic E-state index is 12.1. The van der Waals surface area contributed by atoms with Crippen LogP contribution in [0, 0.1) is 5.92 Å². The minimum Gasteiger partial charge on any atom is -0.355 e. The molecule has 7 heteroatoms. The molecule has 1 fully saturated rings. The molecule has 0 spiro atoms. The van der Waals surface area contributed by atoms with Crippen LogP contribution in [0.1, 0.15) is 18.4 Å². The van der Waals surface area contributed by atoms with Gasteiger partial charge in [-0.1, -0.05) is 28.1 Å². The smallest absolute Gasteiger partial charge is 0.235 e. The van der Waals surface area contributed by atoms with Gasteiger partial charge in [-0.05, 0) is 49.5 Å². The molecule has 1 aromatic rings. The lowest BCUT2D eigenvalue weighted by Crippen LogP contribution is -2.40. The molecule has 0 radical (unpaired) electrons. The molecule has 1 aliphatic rings. The number of piperidine rings is 1. The summed E-state index contributed by atoms with van der Waals surface area (Å²) in [5.74, 6) is -0.601. The van der Waals surface area contributed by atoms with Gasteiger partial charge in [-0.3, -0.25) is 4.79 Å². The van der Waals surface area contributed by atoms with E-state index >= 15 is 0 Å². The van der Waals surface area contributed by atoms with E-state index in [0.29, 0.717) is 18.0 Å². The summed E-state index contributed by atoms with van der Waals surface area (Å²) in [5.41, 5.74) is 0.679. The fourth-order valence-corrected chi connectivity index (χ4v) is 4.28. The first-order chi connectivity index (χ1) is 10.4. The second-order valence-electron chi connectivity index (χ2n) is 5.68. The Balaban J connectivity index is 1.81. The normalized spacial score (nSPS) is 18.9. The van der Waals surface area contributed by atoms with Crippen molar-refractivity contribution in [2.45, 2.75) is 18.6 Å². The molecule has 1 atom stereocenters. The van der Waals surface area contributed by atoms with Gasteiger partial charge in [-0.15, -0.1) is 0 Å². The van der Waals surface area contributed by atoms with E-state index in [1.807, 2.05) is 6.07 Å². The van der Waals surface area contributed by atoms with Crippen LogP contribution < -0.4 is 10.6 Å². The van der Waals surface area contributed by atoms with Gasteiger partial charge in [0, 0.05) is 11.0 Å². The molecule has 122 valence electrons. The molecule has 1 aliphatic heterocycles. The number of sulfone groups is 1. The zero-order valence-electron chi connectivity index (χ0n) is 12.3. The van der Waals surface area contributed by atoms with Gasteiger partial charge in [-0.25, -0.2) is 8.42 Å². The minimum atomic E-state index is -3.45.